The molecule has 0 bridgehead atoms. The summed E-state index contributed by atoms with van der Waals surface area (Å²) < 4.78 is 66.4. The van der Waals surface area contributed by atoms with Crippen molar-refractivity contribution in [1.82, 2.24) is 4.98 Å². The molecular formula is C23H24F2N2O5S2. The molecular weight excluding hydrogens is 486 g/mol. The number of esters is 1. The number of alkyl halides is 1. The molecule has 0 amide bonds. The minimum Gasteiger partial charge on any atom is -0.487 e. The van der Waals surface area contributed by atoms with Crippen LogP contribution in [0.3, 0.4) is 0 Å². The molecule has 1 unspecified atom stereocenters. The number of methoxy groups -OCH3 is 1. The van der Waals surface area contributed by atoms with Crippen LogP contribution in [-0.2, 0) is 21.4 Å². The summed E-state index contributed by atoms with van der Waals surface area (Å²) in [6, 6.07) is 8.82. The molecule has 3 aromatic rings. The normalized spacial score (nSPS) is 12.3. The average molecular weight is 511 g/mol. The van der Waals surface area contributed by atoms with Gasteiger partial charge in [-0.25, -0.2) is 18.6 Å². The molecule has 182 valence electrons. The first-order valence-electron chi connectivity index (χ1n) is 10.2. The molecule has 0 N–H and O–H groups in total. The Morgan fingerprint density at radius 3 is 2.44 bits per heavy atom. The summed E-state index contributed by atoms with van der Waals surface area (Å²) in [6.07, 6.45) is -1.54. The number of carbonyl (C=O) groups excluding carboxylic acids is 1. The van der Waals surface area contributed by atoms with Crippen LogP contribution >= 0.6 is 11.3 Å². The first kappa shape index (κ1) is 25.6. The predicted octanol–water partition coefficient (Wildman–Crippen LogP) is 4.82. The number of nitrogens with zero attached hydrogens (tertiary/aromatic N) is 2. The number of benzene rings is 2. The number of hydrogen-bond acceptors (Lipinski definition) is 7. The molecule has 11 heteroatoms. The zero-order valence-electron chi connectivity index (χ0n) is 19.0. The number of thiazole rings is 1. The van der Waals surface area contributed by atoms with Gasteiger partial charge in [0.15, 0.2) is 0 Å². The Kier molecular flexibility index (Phi) is 7.88. The summed E-state index contributed by atoms with van der Waals surface area (Å²) in [5.74, 6) is -1.08. The Hall–Kier alpha value is -3.05. The molecule has 0 saturated heterocycles. The molecule has 0 saturated carbocycles. The lowest BCUT2D eigenvalue weighted by atomic mass is 10.1. The van der Waals surface area contributed by atoms with Crippen LogP contribution in [0, 0.1) is 19.7 Å². The summed E-state index contributed by atoms with van der Waals surface area (Å²) in [7, 11) is -3.00. The maximum Gasteiger partial charge on any atom is 0.337 e. The lowest BCUT2D eigenvalue weighted by Crippen LogP contribution is -2.36. The minimum atomic E-state index is -4.28. The van der Waals surface area contributed by atoms with Gasteiger partial charge < -0.3 is 9.47 Å². The fourth-order valence-corrected chi connectivity index (χ4v) is 5.74. The molecule has 7 nitrogen and oxygen atoms in total. The summed E-state index contributed by atoms with van der Waals surface area (Å²) in [6.45, 7) is 3.81. The quantitative estimate of drug-likeness (QED) is 0.384. The number of aromatic nitrogens is 1. The Labute approximate surface area is 201 Å². The number of rotatable bonds is 9. The summed E-state index contributed by atoms with van der Waals surface area (Å²) in [4.78, 5) is 15.6. The van der Waals surface area contributed by atoms with Gasteiger partial charge in [-0.1, -0.05) is 12.1 Å². The van der Waals surface area contributed by atoms with E-state index in [0.29, 0.717) is 16.8 Å². The van der Waals surface area contributed by atoms with Gasteiger partial charge in [-0.2, -0.15) is 8.42 Å². The van der Waals surface area contributed by atoms with Gasteiger partial charge in [-0.15, -0.1) is 11.3 Å². The van der Waals surface area contributed by atoms with Crippen LogP contribution in [-0.4, -0.2) is 39.2 Å². The van der Waals surface area contributed by atoms with Gasteiger partial charge in [0.1, 0.15) is 24.3 Å². The molecule has 0 radical (unpaired) electrons. The van der Waals surface area contributed by atoms with Gasteiger partial charge in [-0.3, -0.25) is 4.31 Å². The van der Waals surface area contributed by atoms with Crippen LogP contribution in [0.15, 0.2) is 46.1 Å². The summed E-state index contributed by atoms with van der Waals surface area (Å²) in [5.41, 5.74) is 1.63. The molecule has 0 aliphatic rings. The maximum absolute atomic E-state index is 14.5. The Balaban J connectivity index is 1.99. The van der Waals surface area contributed by atoms with Crippen LogP contribution in [0.4, 0.5) is 14.5 Å². The van der Waals surface area contributed by atoms with E-state index in [-0.39, 0.29) is 27.9 Å². The van der Waals surface area contributed by atoms with Crippen molar-refractivity contribution in [3.8, 4) is 5.75 Å². The van der Waals surface area contributed by atoms with E-state index >= 15 is 0 Å². The maximum atomic E-state index is 14.5. The zero-order valence-corrected chi connectivity index (χ0v) is 20.7. The molecule has 1 aromatic heterocycles. The summed E-state index contributed by atoms with van der Waals surface area (Å²) in [5, 5.41) is 1.56. The van der Waals surface area contributed by atoms with E-state index < -0.39 is 34.5 Å². The largest absolute Gasteiger partial charge is 0.487 e. The van der Waals surface area contributed by atoms with E-state index in [1.54, 1.807) is 36.6 Å². The topological polar surface area (TPSA) is 85.8 Å². The van der Waals surface area contributed by atoms with Gasteiger partial charge >= 0.3 is 5.97 Å². The van der Waals surface area contributed by atoms with Crippen LogP contribution in [0.25, 0.3) is 0 Å². The van der Waals surface area contributed by atoms with Gasteiger partial charge in [0.2, 0.25) is 4.34 Å². The highest BCUT2D eigenvalue weighted by molar-refractivity contribution is 7.94. The van der Waals surface area contributed by atoms with Gasteiger partial charge in [0.05, 0.1) is 24.9 Å². The predicted molar refractivity (Wildman–Crippen MR) is 125 cm³/mol. The lowest BCUT2D eigenvalue weighted by molar-refractivity contribution is 0.0600. The van der Waals surface area contributed by atoms with Gasteiger partial charge in [0, 0.05) is 17.1 Å². The Bertz CT molecular complexity index is 1280. The second kappa shape index (κ2) is 10.5. The third kappa shape index (κ3) is 5.71. The van der Waals surface area contributed by atoms with Crippen LogP contribution < -0.4 is 9.04 Å². The fourth-order valence-electron chi connectivity index (χ4n) is 3.07. The average Bonchev–Trinajstić information content (AvgIpc) is 3.25. The Morgan fingerprint density at radius 2 is 1.88 bits per heavy atom. The number of aryl methyl sites for hydroxylation is 2. The fraction of sp³-hybridized carbons (Fsp3) is 0.304. The second-order valence-corrected chi connectivity index (χ2v) is 10.5. The molecule has 2 aromatic carbocycles. The van der Waals surface area contributed by atoms with E-state index in [4.69, 9.17) is 4.74 Å². The van der Waals surface area contributed by atoms with Crippen molar-refractivity contribution in [1.29, 1.82) is 0 Å². The third-order valence-corrected chi connectivity index (χ3v) is 7.94. The highest BCUT2D eigenvalue weighted by Gasteiger charge is 2.32. The second-order valence-electron chi connectivity index (χ2n) is 7.62. The molecule has 3 rings (SSSR count). The third-order valence-electron chi connectivity index (χ3n) is 4.80. The van der Waals surface area contributed by atoms with Crippen LogP contribution in [0.2, 0.25) is 0 Å². The number of halogens is 2. The first-order chi connectivity index (χ1) is 16.0. The molecule has 1 atom stereocenters. The zero-order chi connectivity index (χ0) is 25.0. The van der Waals surface area contributed by atoms with Gasteiger partial charge in [-0.05, 0) is 50.1 Å². The van der Waals surface area contributed by atoms with Crippen molar-refractivity contribution >= 4 is 33.0 Å². The van der Waals surface area contributed by atoms with Crippen LogP contribution in [0.5, 0.6) is 5.75 Å². The molecule has 0 aliphatic heterocycles. The molecule has 0 fully saturated rings. The Morgan fingerprint density at radius 1 is 1.21 bits per heavy atom. The van der Waals surface area contributed by atoms with E-state index in [9.17, 15) is 22.0 Å². The van der Waals surface area contributed by atoms with Crippen molar-refractivity contribution in [3.63, 3.8) is 0 Å². The van der Waals surface area contributed by atoms with E-state index in [2.05, 4.69) is 9.72 Å². The molecule has 1 heterocycles. The van der Waals surface area contributed by atoms with E-state index in [1.165, 1.54) is 27.0 Å². The standard InChI is InChI=1S/C23H24F2N2O5S2/c1-14-9-21(32-12-17-5-7-18(8-6-17)22(28)31-4)20(10-19(14)25)27(11-15(2)24)34(29,30)23-26-16(3)13-33-23/h5-10,13,15H,11-12H2,1-4H3. The highest BCUT2D eigenvalue weighted by Crippen LogP contribution is 2.36. The number of carbonyl (C=O) groups is 1. The smallest absolute Gasteiger partial charge is 0.337 e. The molecule has 34 heavy (non-hydrogen) atoms. The van der Waals surface area contributed by atoms with Crippen molar-refractivity contribution in [2.24, 2.45) is 0 Å². The summed E-state index contributed by atoms with van der Waals surface area (Å²) >= 11 is 0.900. The number of anilines is 1. The SMILES string of the molecule is COC(=O)c1ccc(COc2cc(C)c(F)cc2N(CC(C)F)S(=O)(=O)c2nc(C)cs2)cc1. The van der Waals surface area contributed by atoms with Crippen molar-refractivity contribution in [2.75, 3.05) is 18.0 Å². The number of ether oxygens (including phenoxy) is 2. The first-order valence-corrected chi connectivity index (χ1v) is 12.5. The van der Waals surface area contributed by atoms with Gasteiger partial charge in [0.25, 0.3) is 10.0 Å². The van der Waals surface area contributed by atoms with Crippen LogP contribution in [0.1, 0.15) is 34.1 Å². The van der Waals surface area contributed by atoms with E-state index in [1.807, 2.05) is 0 Å². The highest BCUT2D eigenvalue weighted by atomic mass is 32.2. The molecule has 0 spiro atoms. The van der Waals surface area contributed by atoms with Crippen molar-refractivity contribution in [2.45, 2.75) is 37.9 Å². The van der Waals surface area contributed by atoms with E-state index in [0.717, 1.165) is 21.7 Å². The molecule has 0 aliphatic carbocycles. The minimum absolute atomic E-state index is 0.00501. The van der Waals surface area contributed by atoms with Crippen molar-refractivity contribution < 1.29 is 31.5 Å². The lowest BCUT2D eigenvalue weighted by Gasteiger charge is -2.26. The monoisotopic (exact) mass is 510 g/mol. The van der Waals surface area contributed by atoms with Crippen molar-refractivity contribution in [3.05, 3.63) is 70.0 Å². The number of hydrogen-bond donors (Lipinski definition) is 0. The number of sulfonamides is 1.